The Morgan fingerprint density at radius 3 is 2.68 bits per heavy atom. The molecule has 0 amide bonds. The minimum absolute atomic E-state index is 0.0569. The van der Waals surface area contributed by atoms with E-state index in [-0.39, 0.29) is 6.61 Å². The second-order valence-corrected chi connectivity index (χ2v) is 7.04. The van der Waals surface area contributed by atoms with Crippen LogP contribution in [0, 0.1) is 6.92 Å². The summed E-state index contributed by atoms with van der Waals surface area (Å²) in [6.45, 7) is 7.98. The number of benzene rings is 2. The van der Waals surface area contributed by atoms with Gasteiger partial charge in [-0.2, -0.15) is 0 Å². The van der Waals surface area contributed by atoms with Crippen molar-refractivity contribution in [3.05, 3.63) is 53.6 Å². The van der Waals surface area contributed by atoms with Gasteiger partial charge < -0.3 is 19.5 Å². The molecule has 4 rings (SSSR count). The summed E-state index contributed by atoms with van der Waals surface area (Å²) in [7, 11) is 0. The molecule has 1 N–H and O–H groups in total. The highest BCUT2D eigenvalue weighted by Gasteiger charge is 2.14. The quantitative estimate of drug-likeness (QED) is 0.729. The van der Waals surface area contributed by atoms with E-state index < -0.39 is 0 Å². The van der Waals surface area contributed by atoms with E-state index in [2.05, 4.69) is 36.1 Å². The lowest BCUT2D eigenvalue weighted by molar-refractivity contribution is 0.122. The number of ether oxygens (including phenoxy) is 2. The molecule has 0 atom stereocenters. The van der Waals surface area contributed by atoms with E-state index in [1.165, 1.54) is 16.6 Å². The van der Waals surface area contributed by atoms with E-state index in [0.717, 1.165) is 54.4 Å². The number of rotatable bonds is 5. The SMILES string of the molecule is CCOc1ccc(-c2cc(C)c3cc(N4CCOCC4)ccc3n2)cc1CO. The van der Waals surface area contributed by atoms with Gasteiger partial charge in [0.25, 0.3) is 0 Å². The second kappa shape index (κ2) is 8.17. The van der Waals surface area contributed by atoms with Gasteiger partial charge >= 0.3 is 0 Å². The average molecular weight is 378 g/mol. The number of morpholine rings is 1. The molecule has 5 nitrogen and oxygen atoms in total. The van der Waals surface area contributed by atoms with Crippen molar-refractivity contribution < 1.29 is 14.6 Å². The summed E-state index contributed by atoms with van der Waals surface area (Å²) >= 11 is 0. The molecular weight excluding hydrogens is 352 g/mol. The first-order chi connectivity index (χ1) is 13.7. The normalized spacial score (nSPS) is 14.5. The predicted octanol–water partition coefficient (Wildman–Crippen LogP) is 3.94. The van der Waals surface area contributed by atoms with Gasteiger partial charge in [0, 0.05) is 35.3 Å². The van der Waals surface area contributed by atoms with Gasteiger partial charge in [-0.15, -0.1) is 0 Å². The van der Waals surface area contributed by atoms with Gasteiger partial charge in [0.15, 0.2) is 0 Å². The Labute approximate surface area is 165 Å². The highest BCUT2D eigenvalue weighted by molar-refractivity contribution is 5.88. The highest BCUT2D eigenvalue weighted by Crippen LogP contribution is 2.30. The Hall–Kier alpha value is -2.63. The molecule has 0 bridgehead atoms. The molecule has 1 aliphatic heterocycles. The number of nitrogens with zero attached hydrogens (tertiary/aromatic N) is 2. The summed E-state index contributed by atoms with van der Waals surface area (Å²) in [4.78, 5) is 7.24. The van der Waals surface area contributed by atoms with Gasteiger partial charge in [-0.1, -0.05) is 0 Å². The van der Waals surface area contributed by atoms with Gasteiger partial charge in [0.1, 0.15) is 5.75 Å². The molecule has 146 valence electrons. The Bertz CT molecular complexity index is 981. The van der Waals surface area contributed by atoms with Crippen LogP contribution >= 0.6 is 0 Å². The van der Waals surface area contributed by atoms with Crippen LogP contribution in [0.25, 0.3) is 22.2 Å². The van der Waals surface area contributed by atoms with Crippen LogP contribution in [-0.2, 0) is 11.3 Å². The van der Waals surface area contributed by atoms with Crippen LogP contribution in [-0.4, -0.2) is 43.0 Å². The van der Waals surface area contributed by atoms with Gasteiger partial charge in [0.2, 0.25) is 0 Å². The zero-order chi connectivity index (χ0) is 19.5. The molecule has 1 fully saturated rings. The van der Waals surface area contributed by atoms with Crippen molar-refractivity contribution in [3.63, 3.8) is 0 Å². The van der Waals surface area contributed by atoms with Crippen LogP contribution < -0.4 is 9.64 Å². The molecule has 0 aliphatic carbocycles. The molecule has 2 aromatic carbocycles. The maximum atomic E-state index is 9.68. The van der Waals surface area contributed by atoms with Crippen molar-refractivity contribution in [2.24, 2.45) is 0 Å². The van der Waals surface area contributed by atoms with E-state index >= 15 is 0 Å². The fourth-order valence-corrected chi connectivity index (χ4v) is 3.71. The summed E-state index contributed by atoms with van der Waals surface area (Å²) in [5.74, 6) is 0.724. The van der Waals surface area contributed by atoms with Crippen molar-refractivity contribution in [3.8, 4) is 17.0 Å². The van der Waals surface area contributed by atoms with Gasteiger partial charge in [-0.25, -0.2) is 4.98 Å². The molecule has 0 radical (unpaired) electrons. The zero-order valence-corrected chi connectivity index (χ0v) is 16.4. The first kappa shape index (κ1) is 18.7. The fourth-order valence-electron chi connectivity index (χ4n) is 3.71. The molecular formula is C23H26N2O3. The molecule has 1 aromatic heterocycles. The first-order valence-corrected chi connectivity index (χ1v) is 9.80. The van der Waals surface area contributed by atoms with Crippen molar-refractivity contribution in [2.75, 3.05) is 37.8 Å². The molecule has 3 aromatic rings. The Morgan fingerprint density at radius 1 is 1.11 bits per heavy atom. The minimum Gasteiger partial charge on any atom is -0.494 e. The average Bonchev–Trinajstić information content (AvgIpc) is 2.74. The third-order valence-corrected chi connectivity index (χ3v) is 5.20. The smallest absolute Gasteiger partial charge is 0.124 e. The van der Waals surface area contributed by atoms with Crippen molar-refractivity contribution in [2.45, 2.75) is 20.5 Å². The predicted molar refractivity (Wildman–Crippen MR) is 112 cm³/mol. The van der Waals surface area contributed by atoms with Gasteiger partial charge in [-0.05, 0) is 61.9 Å². The Kier molecular flexibility index (Phi) is 5.46. The number of pyridine rings is 1. The third kappa shape index (κ3) is 3.68. The van der Waals surface area contributed by atoms with Crippen LogP contribution in [0.15, 0.2) is 42.5 Å². The number of hydrogen-bond donors (Lipinski definition) is 1. The number of aryl methyl sites for hydroxylation is 1. The maximum absolute atomic E-state index is 9.68. The number of hydrogen-bond acceptors (Lipinski definition) is 5. The third-order valence-electron chi connectivity index (χ3n) is 5.20. The summed E-state index contributed by atoms with van der Waals surface area (Å²) in [5, 5.41) is 10.9. The monoisotopic (exact) mass is 378 g/mol. The van der Waals surface area contributed by atoms with Crippen molar-refractivity contribution in [1.29, 1.82) is 0 Å². The van der Waals surface area contributed by atoms with Crippen LogP contribution in [0.4, 0.5) is 5.69 Å². The van der Waals surface area contributed by atoms with E-state index in [4.69, 9.17) is 14.5 Å². The molecule has 1 aliphatic rings. The number of aliphatic hydroxyl groups excluding tert-OH is 1. The summed E-state index contributed by atoms with van der Waals surface area (Å²) < 4.78 is 11.0. The van der Waals surface area contributed by atoms with Crippen LogP contribution in [0.2, 0.25) is 0 Å². The molecule has 1 saturated heterocycles. The van der Waals surface area contributed by atoms with Gasteiger partial charge in [0.05, 0.1) is 37.6 Å². The molecule has 28 heavy (non-hydrogen) atoms. The van der Waals surface area contributed by atoms with Gasteiger partial charge in [-0.3, -0.25) is 0 Å². The zero-order valence-electron chi connectivity index (χ0n) is 16.4. The van der Waals surface area contributed by atoms with Crippen molar-refractivity contribution >= 4 is 16.6 Å². The highest BCUT2D eigenvalue weighted by atomic mass is 16.5. The standard InChI is InChI=1S/C23H26N2O3/c1-3-28-23-7-4-17(13-18(23)15-26)22-12-16(2)20-14-19(5-6-21(20)24-22)25-8-10-27-11-9-25/h4-7,12-14,26H,3,8-11,15H2,1-2H3. The minimum atomic E-state index is -0.0569. The van der Waals surface area contributed by atoms with E-state index in [1.54, 1.807) is 0 Å². The summed E-state index contributed by atoms with van der Waals surface area (Å²) in [6.07, 6.45) is 0. The Morgan fingerprint density at radius 2 is 1.93 bits per heavy atom. The largest absolute Gasteiger partial charge is 0.494 e. The number of aliphatic hydroxyl groups is 1. The maximum Gasteiger partial charge on any atom is 0.124 e. The summed E-state index contributed by atoms with van der Waals surface area (Å²) in [6, 6.07) is 14.4. The summed E-state index contributed by atoms with van der Waals surface area (Å²) in [5.41, 5.74) is 6.05. The van der Waals surface area contributed by atoms with E-state index in [9.17, 15) is 5.11 Å². The van der Waals surface area contributed by atoms with Crippen LogP contribution in [0.5, 0.6) is 5.75 Å². The van der Waals surface area contributed by atoms with Crippen LogP contribution in [0.3, 0.4) is 0 Å². The topological polar surface area (TPSA) is 54.8 Å². The number of fused-ring (bicyclic) bond motifs is 1. The molecule has 2 heterocycles. The molecule has 5 heteroatoms. The molecule has 0 saturated carbocycles. The van der Waals surface area contributed by atoms with Crippen LogP contribution in [0.1, 0.15) is 18.1 Å². The lowest BCUT2D eigenvalue weighted by atomic mass is 10.0. The van der Waals surface area contributed by atoms with E-state index in [1.807, 2.05) is 25.1 Å². The Balaban J connectivity index is 1.71. The number of aromatic nitrogens is 1. The molecule has 0 unspecified atom stereocenters. The molecule has 0 spiro atoms. The first-order valence-electron chi connectivity index (χ1n) is 9.80. The fraction of sp³-hybridized carbons (Fsp3) is 0.348. The van der Waals surface area contributed by atoms with Crippen molar-refractivity contribution in [1.82, 2.24) is 4.98 Å². The lowest BCUT2D eigenvalue weighted by Gasteiger charge is -2.29. The van der Waals surface area contributed by atoms with E-state index in [0.29, 0.717) is 6.61 Å². The second-order valence-electron chi connectivity index (χ2n) is 7.04. The number of anilines is 1. The lowest BCUT2D eigenvalue weighted by Crippen LogP contribution is -2.36.